The molecule has 8 rings (SSSR count). The van der Waals surface area contributed by atoms with Crippen molar-refractivity contribution in [3.05, 3.63) is 36.9 Å². The molecule has 0 bridgehead atoms. The van der Waals surface area contributed by atoms with Crippen LogP contribution in [0.2, 0.25) is 0 Å². The molecule has 0 radical (unpaired) electrons. The fourth-order valence-corrected chi connectivity index (χ4v) is 6.59. The molecule has 2 aromatic heterocycles. The zero-order chi connectivity index (χ0) is 29.6. The number of nitrogens with zero attached hydrogens (tertiary/aromatic N) is 5. The topological polar surface area (TPSA) is 92.3 Å². The van der Waals surface area contributed by atoms with Gasteiger partial charge in [0.15, 0.2) is 0 Å². The molecule has 10 nitrogen and oxygen atoms in total. The smallest absolute Gasteiger partial charge is 0.410 e. The summed E-state index contributed by atoms with van der Waals surface area (Å²) in [4.78, 5) is 27.4. The van der Waals surface area contributed by atoms with Gasteiger partial charge in [0.1, 0.15) is 30.3 Å². The summed E-state index contributed by atoms with van der Waals surface area (Å²) in [6.45, 7) is 13.5. The van der Waals surface area contributed by atoms with Crippen LogP contribution in [-0.2, 0) is 4.74 Å². The molecule has 43 heavy (non-hydrogen) atoms. The van der Waals surface area contributed by atoms with Gasteiger partial charge < -0.3 is 34.2 Å². The molecule has 10 heteroatoms. The number of amides is 1. The maximum Gasteiger partial charge on any atom is 0.410 e. The van der Waals surface area contributed by atoms with E-state index in [1.807, 2.05) is 39.4 Å². The summed E-state index contributed by atoms with van der Waals surface area (Å²) in [5.74, 6) is 5.36. The highest BCUT2D eigenvalue weighted by Gasteiger charge is 2.46. The summed E-state index contributed by atoms with van der Waals surface area (Å²) in [6.07, 6.45) is 12.2. The normalized spacial score (nSPS) is 29.8. The highest BCUT2D eigenvalue weighted by atomic mass is 16.6. The zero-order valence-electron chi connectivity index (χ0n) is 25.8. The Kier molecular flexibility index (Phi) is 7.74. The number of hydrogen-bond acceptors (Lipinski definition) is 9. The quantitative estimate of drug-likeness (QED) is 0.486. The molecular formula is C33H46N6O4. The average Bonchev–Trinajstić information content (AvgIpc) is 3.77. The molecule has 0 spiro atoms. The Labute approximate surface area is 255 Å². The molecule has 1 N–H and O–H groups in total. The molecular weight excluding hydrogens is 544 g/mol. The van der Waals surface area contributed by atoms with E-state index in [0.717, 1.165) is 80.1 Å². The first-order valence-corrected chi connectivity index (χ1v) is 16.2. The van der Waals surface area contributed by atoms with Gasteiger partial charge in [0, 0.05) is 50.9 Å². The van der Waals surface area contributed by atoms with Crippen molar-refractivity contribution >= 4 is 17.5 Å². The zero-order valence-corrected chi connectivity index (χ0v) is 25.8. The van der Waals surface area contributed by atoms with E-state index in [-0.39, 0.29) is 12.1 Å². The minimum absolute atomic E-state index is 0.0814. The van der Waals surface area contributed by atoms with Crippen LogP contribution in [0.15, 0.2) is 36.9 Å². The van der Waals surface area contributed by atoms with Gasteiger partial charge in [-0.3, -0.25) is 9.97 Å². The van der Waals surface area contributed by atoms with Crippen LogP contribution in [0.5, 0.6) is 11.5 Å². The van der Waals surface area contributed by atoms with Crippen LogP contribution < -0.4 is 24.6 Å². The van der Waals surface area contributed by atoms with Gasteiger partial charge in [0.25, 0.3) is 0 Å². The number of hydrogen-bond donors (Lipinski definition) is 1. The van der Waals surface area contributed by atoms with E-state index in [0.29, 0.717) is 12.6 Å². The molecule has 232 valence electrons. The highest BCUT2D eigenvalue weighted by molar-refractivity contribution is 5.69. The first-order valence-electron chi connectivity index (χ1n) is 16.2. The molecule has 6 aliphatic rings. The largest absolute Gasteiger partial charge is 0.490 e. The maximum absolute atomic E-state index is 12.2. The number of ether oxygens (including phenoxy) is 3. The summed E-state index contributed by atoms with van der Waals surface area (Å²) in [5, 5.41) is 3.34. The maximum atomic E-state index is 12.2. The molecule has 6 fully saturated rings. The van der Waals surface area contributed by atoms with E-state index in [1.54, 1.807) is 11.1 Å². The Bertz CT molecular complexity index is 1280. The van der Waals surface area contributed by atoms with E-state index in [1.165, 1.54) is 38.0 Å². The van der Waals surface area contributed by atoms with Crippen molar-refractivity contribution in [2.45, 2.75) is 64.1 Å². The molecule has 2 aliphatic carbocycles. The Morgan fingerprint density at radius 3 is 1.81 bits per heavy atom. The van der Waals surface area contributed by atoms with Crippen molar-refractivity contribution in [2.24, 2.45) is 23.7 Å². The third-order valence-electron chi connectivity index (χ3n) is 9.68. The van der Waals surface area contributed by atoms with Crippen molar-refractivity contribution < 1.29 is 19.0 Å². The van der Waals surface area contributed by atoms with Crippen molar-refractivity contribution in [1.82, 2.24) is 20.2 Å². The molecule has 6 heterocycles. The Hall–Kier alpha value is -3.27. The molecule has 0 aromatic carbocycles. The number of aromatic nitrogens is 2. The predicted molar refractivity (Wildman–Crippen MR) is 165 cm³/mol. The van der Waals surface area contributed by atoms with Crippen LogP contribution in [0.1, 0.15) is 46.5 Å². The molecule has 2 saturated carbocycles. The minimum Gasteiger partial charge on any atom is -0.490 e. The second kappa shape index (κ2) is 11.7. The number of fused-ring (bicyclic) bond motifs is 2. The summed E-state index contributed by atoms with van der Waals surface area (Å²) in [5.41, 5.74) is 1.90. The van der Waals surface area contributed by atoms with Crippen LogP contribution in [0.3, 0.4) is 0 Å². The first-order chi connectivity index (χ1) is 20.8. The summed E-state index contributed by atoms with van der Waals surface area (Å²) in [6, 6.07) is 4.82. The van der Waals surface area contributed by atoms with Gasteiger partial charge in [-0.05, 0) is 76.7 Å². The van der Waals surface area contributed by atoms with Gasteiger partial charge in [-0.25, -0.2) is 4.79 Å². The Morgan fingerprint density at radius 1 is 0.837 bits per heavy atom. The van der Waals surface area contributed by atoms with Gasteiger partial charge in [0.05, 0.1) is 42.2 Å². The number of rotatable bonds is 8. The SMILES string of the molecule is CC(C)(C)OC(=O)N1CC[C@@H]1COc1cncc(N2CC3CC3C2)c1.c1ncc(N2CC3CC3C2)cc1OC[C@H]1CCN1. The Balaban J connectivity index is 0.000000147. The van der Waals surface area contributed by atoms with Crippen LogP contribution >= 0.6 is 0 Å². The van der Waals surface area contributed by atoms with Crippen LogP contribution in [0.4, 0.5) is 16.2 Å². The number of nitrogens with one attached hydrogen (secondary N) is 1. The van der Waals surface area contributed by atoms with Gasteiger partial charge in [0.2, 0.25) is 0 Å². The first kappa shape index (κ1) is 28.5. The third-order valence-corrected chi connectivity index (χ3v) is 9.68. The van der Waals surface area contributed by atoms with Gasteiger partial charge in [-0.2, -0.15) is 0 Å². The van der Waals surface area contributed by atoms with Gasteiger partial charge in [-0.15, -0.1) is 0 Å². The van der Waals surface area contributed by atoms with Crippen molar-refractivity contribution in [1.29, 1.82) is 0 Å². The molecule has 6 atom stereocenters. The molecule has 1 amide bonds. The second-order valence-electron chi connectivity index (χ2n) is 14.3. The van der Waals surface area contributed by atoms with Crippen molar-refractivity contribution in [3.8, 4) is 11.5 Å². The molecule has 4 aliphatic heterocycles. The van der Waals surface area contributed by atoms with E-state index in [9.17, 15) is 4.79 Å². The lowest BCUT2D eigenvalue weighted by Gasteiger charge is -2.41. The van der Waals surface area contributed by atoms with E-state index in [4.69, 9.17) is 14.2 Å². The van der Waals surface area contributed by atoms with Crippen LogP contribution in [-0.4, -0.2) is 91.1 Å². The fraction of sp³-hybridized carbons (Fsp3) is 0.667. The lowest BCUT2D eigenvalue weighted by molar-refractivity contribution is -0.0141. The fourth-order valence-electron chi connectivity index (χ4n) is 6.59. The number of anilines is 2. The van der Waals surface area contributed by atoms with Crippen LogP contribution in [0, 0.1) is 23.7 Å². The summed E-state index contributed by atoms with van der Waals surface area (Å²) >= 11 is 0. The summed E-state index contributed by atoms with van der Waals surface area (Å²) < 4.78 is 17.2. The third kappa shape index (κ3) is 6.95. The number of carbonyl (C=O) groups is 1. The lowest BCUT2D eigenvalue weighted by atomic mass is 10.1. The molecule has 4 saturated heterocycles. The lowest BCUT2D eigenvalue weighted by Crippen LogP contribution is -2.55. The second-order valence-corrected chi connectivity index (χ2v) is 14.3. The standard InChI is InChI=1S/C19H27N3O3.C14H19N3O/c1-19(2,3)25-18(23)22-5-4-15(22)12-24-17-7-16(8-20-9-17)21-10-13-6-14(13)11-21;1-2-16-12(1)9-18-14-4-13(5-15-6-14)17-7-10-3-11(10)8-17/h7-9,13-15H,4-6,10-12H2,1-3H3;4-6,10-12,16H,1-3,7-9H2/t13?,14?,15-;10?,11?,12-/m11/s1. The van der Waals surface area contributed by atoms with Crippen molar-refractivity contribution in [3.63, 3.8) is 0 Å². The van der Waals surface area contributed by atoms with Crippen LogP contribution in [0.25, 0.3) is 0 Å². The average molecular weight is 591 g/mol. The number of pyridine rings is 2. The Morgan fingerprint density at radius 2 is 1.37 bits per heavy atom. The van der Waals surface area contributed by atoms with E-state index < -0.39 is 5.60 Å². The monoisotopic (exact) mass is 590 g/mol. The van der Waals surface area contributed by atoms with E-state index >= 15 is 0 Å². The number of likely N-dealkylation sites (tertiary alicyclic amines) is 1. The molecule has 2 aromatic rings. The van der Waals surface area contributed by atoms with Crippen molar-refractivity contribution in [2.75, 3.05) is 62.3 Å². The number of carbonyl (C=O) groups excluding carboxylic acids is 1. The highest BCUT2D eigenvalue weighted by Crippen LogP contribution is 2.47. The van der Waals surface area contributed by atoms with E-state index in [2.05, 4.69) is 37.2 Å². The van der Waals surface area contributed by atoms with Gasteiger partial charge >= 0.3 is 6.09 Å². The summed E-state index contributed by atoms with van der Waals surface area (Å²) in [7, 11) is 0. The van der Waals surface area contributed by atoms with Gasteiger partial charge in [-0.1, -0.05) is 0 Å². The minimum atomic E-state index is -0.466. The number of piperidine rings is 2. The molecule has 4 unspecified atom stereocenters. The predicted octanol–water partition coefficient (Wildman–Crippen LogP) is 4.20.